The molecule has 3 unspecified atom stereocenters. The Bertz CT molecular complexity index is 1280. The van der Waals surface area contributed by atoms with Gasteiger partial charge in [-0.3, -0.25) is 21.0 Å². The van der Waals surface area contributed by atoms with Crippen LogP contribution in [-0.4, -0.2) is 63.0 Å². The zero-order chi connectivity index (χ0) is 27.1. The molecule has 0 saturated carbocycles. The van der Waals surface area contributed by atoms with Crippen LogP contribution < -0.4 is 5.43 Å². The number of carbonyl (C=O) groups is 1. The van der Waals surface area contributed by atoms with Crippen LogP contribution in [0.15, 0.2) is 47.6 Å². The fourth-order valence-electron chi connectivity index (χ4n) is 4.62. The molecule has 37 heavy (non-hydrogen) atoms. The van der Waals surface area contributed by atoms with E-state index in [0.29, 0.717) is 27.3 Å². The number of nitrogens with zero attached hydrogens (tertiary/aromatic N) is 3. The van der Waals surface area contributed by atoms with Crippen LogP contribution in [0.25, 0.3) is 0 Å². The third-order valence-corrected chi connectivity index (χ3v) is 6.66. The Morgan fingerprint density at radius 1 is 1.24 bits per heavy atom. The van der Waals surface area contributed by atoms with Crippen molar-refractivity contribution in [3.8, 4) is 0 Å². The summed E-state index contributed by atoms with van der Waals surface area (Å²) in [6.45, 7) is 2.78. The zero-order valence-corrected chi connectivity index (χ0v) is 20.1. The van der Waals surface area contributed by atoms with E-state index in [4.69, 9.17) is 10.8 Å². The number of fused-ring (bicyclic) bond motifs is 1. The normalized spacial score (nSPS) is 21.8. The summed E-state index contributed by atoms with van der Waals surface area (Å²) in [5.41, 5.74) is 4.82. The van der Waals surface area contributed by atoms with Gasteiger partial charge in [-0.15, -0.1) is 0 Å². The van der Waals surface area contributed by atoms with Crippen LogP contribution in [0.3, 0.4) is 0 Å². The number of aliphatic hydroxyl groups excluding tert-OH is 1. The van der Waals surface area contributed by atoms with Crippen LogP contribution in [0.1, 0.15) is 53.5 Å². The lowest BCUT2D eigenvalue weighted by Gasteiger charge is -2.46. The highest BCUT2D eigenvalue weighted by Gasteiger charge is 2.47. The number of amidine groups is 2. The van der Waals surface area contributed by atoms with Gasteiger partial charge in [-0.2, -0.15) is 18.3 Å². The number of carbonyl (C=O) groups excluding carboxylic acids is 1. The number of hydrogen-bond acceptors (Lipinski definition) is 6. The average Bonchev–Trinajstić information content (AvgIpc) is 2.87. The van der Waals surface area contributed by atoms with Crippen LogP contribution in [0.2, 0.25) is 0 Å². The number of aliphatic hydroxyl groups is 1. The molecule has 2 aliphatic heterocycles. The van der Waals surface area contributed by atoms with Crippen LogP contribution >= 0.6 is 0 Å². The second-order valence-electron chi connectivity index (χ2n) is 8.97. The molecule has 3 atom stereocenters. The van der Waals surface area contributed by atoms with E-state index in [2.05, 4.69) is 10.5 Å². The molecule has 12 heteroatoms. The molecule has 4 N–H and O–H groups in total. The van der Waals surface area contributed by atoms with Crippen molar-refractivity contribution >= 4 is 23.3 Å². The number of halogens is 4. The summed E-state index contributed by atoms with van der Waals surface area (Å²) in [5, 5.41) is 30.1. The molecule has 0 radical (unpaired) electrons. The maximum absolute atomic E-state index is 14.8. The predicted octanol–water partition coefficient (Wildman–Crippen LogP) is 3.81. The lowest BCUT2D eigenvalue weighted by molar-refractivity contribution is -0.0696. The fraction of sp³-hybridized carbons (Fsp3) is 0.360. The number of benzene rings is 2. The Morgan fingerprint density at radius 3 is 2.62 bits per heavy atom. The average molecular weight is 519 g/mol. The molecule has 0 aromatic heterocycles. The Balaban J connectivity index is 1.60. The monoisotopic (exact) mass is 518 g/mol. The van der Waals surface area contributed by atoms with Gasteiger partial charge >= 0.3 is 6.18 Å². The molecule has 2 aliphatic rings. The highest BCUT2D eigenvalue weighted by atomic mass is 19.4. The van der Waals surface area contributed by atoms with Gasteiger partial charge in [0.1, 0.15) is 11.7 Å². The molecule has 1 saturated heterocycles. The minimum Gasteiger partial charge on any atom is -0.368 e. The molecule has 1 fully saturated rings. The molecular formula is C25H26F4N6O2. The van der Waals surface area contributed by atoms with Crippen molar-refractivity contribution in [3.63, 3.8) is 0 Å². The van der Waals surface area contributed by atoms with Crippen LogP contribution in [-0.2, 0) is 6.42 Å². The molecule has 8 nitrogen and oxygen atoms in total. The molecule has 196 valence electrons. The summed E-state index contributed by atoms with van der Waals surface area (Å²) < 4.78 is 54.6. The molecule has 0 aliphatic carbocycles. The van der Waals surface area contributed by atoms with Crippen molar-refractivity contribution in [2.24, 2.45) is 5.10 Å². The van der Waals surface area contributed by atoms with Crippen molar-refractivity contribution in [2.75, 3.05) is 6.54 Å². The Labute approximate surface area is 210 Å². The maximum atomic E-state index is 14.8. The first-order valence-electron chi connectivity index (χ1n) is 11.7. The molecule has 2 aromatic rings. The van der Waals surface area contributed by atoms with Crippen LogP contribution in [0.5, 0.6) is 0 Å². The van der Waals surface area contributed by atoms with Gasteiger partial charge < -0.3 is 14.9 Å². The van der Waals surface area contributed by atoms with Crippen LogP contribution in [0, 0.1) is 16.6 Å². The second-order valence-corrected chi connectivity index (χ2v) is 8.97. The second kappa shape index (κ2) is 9.92. The standard InChI is InChI=1S/C25H26F4N6O2/c1-3-15-12-34(13(2)21(30)35(15)24(31)25(27,28)29)23(37)18-10-14(8-9-19(18)26)11-20-16-6-4-5-7-17(16)22(36)33-32-20/h4-10,13,15,22,30-31,33,36H,3,11-12H2,1-2H3. The summed E-state index contributed by atoms with van der Waals surface area (Å²) in [6, 6.07) is 9.07. The number of nitrogens with one attached hydrogen (secondary N) is 3. The van der Waals surface area contributed by atoms with Crippen LogP contribution in [0.4, 0.5) is 17.6 Å². The first-order valence-corrected chi connectivity index (χ1v) is 11.7. The summed E-state index contributed by atoms with van der Waals surface area (Å²) in [5.74, 6) is -3.77. The van der Waals surface area contributed by atoms with Gasteiger partial charge in [-0.1, -0.05) is 37.3 Å². The van der Waals surface area contributed by atoms with E-state index in [-0.39, 0.29) is 24.9 Å². The summed E-state index contributed by atoms with van der Waals surface area (Å²) >= 11 is 0. The minimum absolute atomic E-state index is 0.137. The highest BCUT2D eigenvalue weighted by Crippen LogP contribution is 2.29. The highest BCUT2D eigenvalue weighted by molar-refractivity contribution is 6.07. The van der Waals surface area contributed by atoms with Crippen molar-refractivity contribution in [1.82, 2.24) is 15.2 Å². The topological polar surface area (TPSA) is 116 Å². The number of alkyl halides is 3. The van der Waals surface area contributed by atoms with E-state index in [0.717, 1.165) is 6.07 Å². The first-order chi connectivity index (χ1) is 17.4. The van der Waals surface area contributed by atoms with Crippen molar-refractivity contribution in [2.45, 2.75) is 51.2 Å². The lowest BCUT2D eigenvalue weighted by Crippen LogP contribution is -2.65. The third kappa shape index (κ3) is 4.93. The molecule has 1 amide bonds. The summed E-state index contributed by atoms with van der Waals surface area (Å²) in [4.78, 5) is 15.2. The predicted molar refractivity (Wildman–Crippen MR) is 129 cm³/mol. The smallest absolute Gasteiger partial charge is 0.368 e. The maximum Gasteiger partial charge on any atom is 0.449 e. The number of hydrazone groups is 1. The number of amides is 1. The van der Waals surface area contributed by atoms with E-state index < -0.39 is 47.9 Å². The summed E-state index contributed by atoms with van der Waals surface area (Å²) in [6.07, 6.45) is -5.56. The first kappa shape index (κ1) is 26.3. The van der Waals surface area contributed by atoms with Gasteiger partial charge in [0.15, 0.2) is 6.23 Å². The van der Waals surface area contributed by atoms with Crippen molar-refractivity contribution < 1.29 is 27.5 Å². The Kier molecular flexibility index (Phi) is 7.05. The molecule has 0 bridgehead atoms. The van der Waals surface area contributed by atoms with E-state index in [1.165, 1.54) is 24.0 Å². The van der Waals surface area contributed by atoms with Gasteiger partial charge in [-0.25, -0.2) is 4.39 Å². The molecular weight excluding hydrogens is 492 g/mol. The van der Waals surface area contributed by atoms with Gasteiger partial charge in [0, 0.05) is 24.1 Å². The van der Waals surface area contributed by atoms with E-state index >= 15 is 0 Å². The number of rotatable bonds is 4. The van der Waals surface area contributed by atoms with Gasteiger partial charge in [0.2, 0.25) is 5.84 Å². The SMILES string of the molecule is CCC1CN(C(=O)c2cc(CC3=NNC(O)c4ccccc43)ccc2F)C(C)C(=N)N1C(=N)C(F)(F)F. The Hall–Kier alpha value is -3.80. The molecule has 2 heterocycles. The minimum atomic E-state index is -4.95. The van der Waals surface area contributed by atoms with E-state index in [1.54, 1.807) is 31.2 Å². The molecule has 2 aromatic carbocycles. The van der Waals surface area contributed by atoms with E-state index in [9.17, 15) is 27.5 Å². The third-order valence-electron chi connectivity index (χ3n) is 6.66. The quantitative estimate of drug-likeness (QED) is 0.280. The molecule has 0 spiro atoms. The van der Waals surface area contributed by atoms with Crippen molar-refractivity contribution in [1.29, 1.82) is 10.8 Å². The van der Waals surface area contributed by atoms with Gasteiger partial charge in [0.25, 0.3) is 5.91 Å². The largest absolute Gasteiger partial charge is 0.449 e. The Morgan fingerprint density at radius 2 is 1.95 bits per heavy atom. The van der Waals surface area contributed by atoms with Gasteiger partial charge in [0.05, 0.1) is 23.4 Å². The fourth-order valence-corrected chi connectivity index (χ4v) is 4.62. The number of hydrogen-bond donors (Lipinski definition) is 4. The zero-order valence-electron chi connectivity index (χ0n) is 20.1. The number of piperazine rings is 1. The lowest BCUT2D eigenvalue weighted by atomic mass is 9.94. The van der Waals surface area contributed by atoms with Crippen molar-refractivity contribution in [3.05, 3.63) is 70.5 Å². The van der Waals surface area contributed by atoms with Gasteiger partial charge in [-0.05, 0) is 31.0 Å². The van der Waals surface area contributed by atoms with E-state index in [1.807, 2.05) is 0 Å². The summed E-state index contributed by atoms with van der Waals surface area (Å²) in [7, 11) is 0. The molecule has 4 rings (SSSR count).